The van der Waals surface area contributed by atoms with Crippen molar-refractivity contribution in [3.63, 3.8) is 0 Å². The number of nitrogens with zero attached hydrogens (tertiary/aromatic N) is 2. The summed E-state index contributed by atoms with van der Waals surface area (Å²) < 4.78 is 5.30. The molecule has 2 heterocycles. The van der Waals surface area contributed by atoms with Crippen molar-refractivity contribution >= 4 is 11.7 Å². The maximum atomic E-state index is 12.1. The molecular formula is C11H15N3O2. The van der Waals surface area contributed by atoms with E-state index in [1.807, 2.05) is 0 Å². The number of pyridine rings is 1. The van der Waals surface area contributed by atoms with Gasteiger partial charge in [0.05, 0.1) is 6.61 Å². The van der Waals surface area contributed by atoms with E-state index in [1.54, 1.807) is 23.1 Å². The first-order valence-electron chi connectivity index (χ1n) is 5.37. The van der Waals surface area contributed by atoms with Gasteiger partial charge >= 0.3 is 0 Å². The van der Waals surface area contributed by atoms with E-state index in [0.717, 1.165) is 13.0 Å². The number of nitrogen functional groups attached to an aromatic ring is 1. The van der Waals surface area contributed by atoms with Crippen LogP contribution in [0, 0.1) is 0 Å². The number of aromatic nitrogens is 1. The summed E-state index contributed by atoms with van der Waals surface area (Å²) in [4.78, 5) is 17.8. The lowest BCUT2D eigenvalue weighted by Gasteiger charge is -2.18. The van der Waals surface area contributed by atoms with Crippen molar-refractivity contribution in [2.45, 2.75) is 6.42 Å². The Morgan fingerprint density at radius 3 is 3.06 bits per heavy atom. The standard InChI is InChI=1S/C11H15N3O2/c12-10-4-1-3-9(13-10)11(15)14-5-2-7-16-8-6-14/h1,3-4H,2,5-8H2,(H2,12,13). The van der Waals surface area contributed by atoms with Crippen LogP contribution < -0.4 is 5.73 Å². The van der Waals surface area contributed by atoms with Gasteiger partial charge in [0.1, 0.15) is 11.5 Å². The van der Waals surface area contributed by atoms with Gasteiger partial charge in [0, 0.05) is 19.7 Å². The van der Waals surface area contributed by atoms with Crippen LogP contribution >= 0.6 is 0 Å². The van der Waals surface area contributed by atoms with Gasteiger partial charge in [0.25, 0.3) is 5.91 Å². The van der Waals surface area contributed by atoms with Crippen LogP contribution in [0.2, 0.25) is 0 Å². The highest BCUT2D eigenvalue weighted by Gasteiger charge is 2.18. The predicted molar refractivity (Wildman–Crippen MR) is 60.0 cm³/mol. The molecule has 1 saturated heterocycles. The molecule has 1 aliphatic heterocycles. The smallest absolute Gasteiger partial charge is 0.272 e. The van der Waals surface area contributed by atoms with Gasteiger partial charge in [0.15, 0.2) is 0 Å². The summed E-state index contributed by atoms with van der Waals surface area (Å²) in [6.07, 6.45) is 0.869. The summed E-state index contributed by atoms with van der Waals surface area (Å²) in [5.41, 5.74) is 5.95. The molecule has 1 aromatic rings. The van der Waals surface area contributed by atoms with Gasteiger partial charge in [-0.05, 0) is 18.6 Å². The molecule has 0 saturated carbocycles. The molecule has 0 radical (unpaired) electrons. The van der Waals surface area contributed by atoms with Crippen molar-refractivity contribution in [2.75, 3.05) is 32.0 Å². The average molecular weight is 221 g/mol. The zero-order chi connectivity index (χ0) is 11.4. The Morgan fingerprint density at radius 2 is 2.25 bits per heavy atom. The molecule has 1 fully saturated rings. The normalized spacial score (nSPS) is 16.9. The lowest BCUT2D eigenvalue weighted by molar-refractivity contribution is 0.0735. The van der Waals surface area contributed by atoms with Crippen LogP contribution in [0.4, 0.5) is 5.82 Å². The minimum atomic E-state index is -0.0715. The lowest BCUT2D eigenvalue weighted by Crippen LogP contribution is -2.33. The Labute approximate surface area is 94.2 Å². The van der Waals surface area contributed by atoms with Crippen LogP contribution in [0.5, 0.6) is 0 Å². The van der Waals surface area contributed by atoms with E-state index >= 15 is 0 Å². The molecule has 0 spiro atoms. The Morgan fingerprint density at radius 1 is 1.38 bits per heavy atom. The first kappa shape index (κ1) is 10.9. The molecule has 1 amide bonds. The van der Waals surface area contributed by atoms with E-state index in [2.05, 4.69) is 4.98 Å². The van der Waals surface area contributed by atoms with Crippen LogP contribution in [0.1, 0.15) is 16.9 Å². The third kappa shape index (κ3) is 2.49. The molecule has 0 bridgehead atoms. The van der Waals surface area contributed by atoms with E-state index < -0.39 is 0 Å². The molecule has 5 nitrogen and oxygen atoms in total. The van der Waals surface area contributed by atoms with Crippen molar-refractivity contribution in [3.8, 4) is 0 Å². The molecule has 2 rings (SSSR count). The number of amides is 1. The first-order valence-corrected chi connectivity index (χ1v) is 5.37. The molecule has 5 heteroatoms. The zero-order valence-electron chi connectivity index (χ0n) is 9.06. The number of nitrogens with two attached hydrogens (primary N) is 1. The van der Waals surface area contributed by atoms with E-state index in [4.69, 9.17) is 10.5 Å². The number of carbonyl (C=O) groups is 1. The summed E-state index contributed by atoms with van der Waals surface area (Å²) in [7, 11) is 0. The van der Waals surface area contributed by atoms with Crippen LogP contribution in [0.3, 0.4) is 0 Å². The van der Waals surface area contributed by atoms with E-state index in [-0.39, 0.29) is 5.91 Å². The summed E-state index contributed by atoms with van der Waals surface area (Å²) in [5, 5.41) is 0. The van der Waals surface area contributed by atoms with Gasteiger partial charge in [-0.3, -0.25) is 4.79 Å². The number of carbonyl (C=O) groups excluding carboxylic acids is 1. The molecule has 0 unspecified atom stereocenters. The topological polar surface area (TPSA) is 68.5 Å². The minimum absolute atomic E-state index is 0.0715. The van der Waals surface area contributed by atoms with Crippen LogP contribution in [0.25, 0.3) is 0 Å². The Balaban J connectivity index is 2.11. The summed E-state index contributed by atoms with van der Waals surface area (Å²) in [6.45, 7) is 2.65. The van der Waals surface area contributed by atoms with Gasteiger partial charge in [0.2, 0.25) is 0 Å². The maximum absolute atomic E-state index is 12.1. The second-order valence-electron chi connectivity index (χ2n) is 3.71. The van der Waals surface area contributed by atoms with Crippen molar-refractivity contribution in [2.24, 2.45) is 0 Å². The average Bonchev–Trinajstić information content (AvgIpc) is 2.56. The molecule has 0 aromatic carbocycles. The molecule has 1 aliphatic rings. The van der Waals surface area contributed by atoms with Crippen LogP contribution in [0.15, 0.2) is 18.2 Å². The zero-order valence-corrected chi connectivity index (χ0v) is 9.06. The highest BCUT2D eigenvalue weighted by Crippen LogP contribution is 2.07. The van der Waals surface area contributed by atoms with Gasteiger partial charge < -0.3 is 15.4 Å². The van der Waals surface area contributed by atoms with E-state index in [9.17, 15) is 4.79 Å². The number of hydrogen-bond acceptors (Lipinski definition) is 4. The number of rotatable bonds is 1. The summed E-state index contributed by atoms with van der Waals surface area (Å²) >= 11 is 0. The maximum Gasteiger partial charge on any atom is 0.272 e. The van der Waals surface area contributed by atoms with Gasteiger partial charge in [-0.15, -0.1) is 0 Å². The fourth-order valence-electron chi connectivity index (χ4n) is 1.68. The molecule has 16 heavy (non-hydrogen) atoms. The minimum Gasteiger partial charge on any atom is -0.384 e. The number of hydrogen-bond donors (Lipinski definition) is 1. The summed E-state index contributed by atoms with van der Waals surface area (Å²) in [5.74, 6) is 0.301. The molecule has 2 N–H and O–H groups in total. The second kappa shape index (κ2) is 4.94. The fraction of sp³-hybridized carbons (Fsp3) is 0.455. The lowest BCUT2D eigenvalue weighted by atomic mass is 10.3. The summed E-state index contributed by atoms with van der Waals surface area (Å²) in [6, 6.07) is 5.09. The largest absolute Gasteiger partial charge is 0.384 e. The molecule has 1 aromatic heterocycles. The van der Waals surface area contributed by atoms with Crippen molar-refractivity contribution < 1.29 is 9.53 Å². The highest BCUT2D eigenvalue weighted by atomic mass is 16.5. The number of anilines is 1. The van der Waals surface area contributed by atoms with Crippen LogP contribution in [-0.2, 0) is 4.74 Å². The monoisotopic (exact) mass is 221 g/mol. The van der Waals surface area contributed by atoms with E-state index in [0.29, 0.717) is 31.3 Å². The SMILES string of the molecule is Nc1cccc(C(=O)N2CCCOCC2)n1. The van der Waals surface area contributed by atoms with E-state index in [1.165, 1.54) is 0 Å². The highest BCUT2D eigenvalue weighted by molar-refractivity contribution is 5.92. The Bertz CT molecular complexity index is 373. The van der Waals surface area contributed by atoms with Crippen LogP contribution in [-0.4, -0.2) is 42.1 Å². The van der Waals surface area contributed by atoms with Gasteiger partial charge in [-0.2, -0.15) is 0 Å². The van der Waals surface area contributed by atoms with Crippen molar-refractivity contribution in [3.05, 3.63) is 23.9 Å². The Hall–Kier alpha value is -1.62. The first-order chi connectivity index (χ1) is 7.77. The molecule has 0 aliphatic carbocycles. The Kier molecular flexibility index (Phi) is 3.36. The molecule has 0 atom stereocenters. The fourth-order valence-corrected chi connectivity index (χ4v) is 1.68. The van der Waals surface area contributed by atoms with Crippen molar-refractivity contribution in [1.82, 2.24) is 9.88 Å². The van der Waals surface area contributed by atoms with Crippen molar-refractivity contribution in [1.29, 1.82) is 0 Å². The molecular weight excluding hydrogens is 206 g/mol. The van der Waals surface area contributed by atoms with Gasteiger partial charge in [-0.1, -0.05) is 6.07 Å². The van der Waals surface area contributed by atoms with Gasteiger partial charge in [-0.25, -0.2) is 4.98 Å². The second-order valence-corrected chi connectivity index (χ2v) is 3.71. The third-order valence-electron chi connectivity index (χ3n) is 2.50. The quantitative estimate of drug-likeness (QED) is 0.751. The molecule has 86 valence electrons. The number of ether oxygens (including phenoxy) is 1. The third-order valence-corrected chi connectivity index (χ3v) is 2.50. The predicted octanol–water partition coefficient (Wildman–Crippen LogP) is 0.526.